The average Bonchev–Trinajstić information content (AvgIpc) is 2.96. The summed E-state index contributed by atoms with van der Waals surface area (Å²) in [5.74, 6) is 1.25. The third kappa shape index (κ3) is 4.19. The van der Waals surface area contributed by atoms with Crippen molar-refractivity contribution in [2.45, 2.75) is 25.9 Å². The van der Waals surface area contributed by atoms with Crippen LogP contribution in [0.2, 0.25) is 0 Å². The van der Waals surface area contributed by atoms with Gasteiger partial charge in [0.1, 0.15) is 5.82 Å². The molecule has 130 valence electrons. The summed E-state index contributed by atoms with van der Waals surface area (Å²) in [5.41, 5.74) is 4.19. The number of ketones is 1. The fourth-order valence-electron chi connectivity index (χ4n) is 2.53. The Morgan fingerprint density at radius 2 is 1.72 bits per heavy atom. The zero-order valence-electron chi connectivity index (χ0n) is 14.4. The molecule has 0 radical (unpaired) electrons. The van der Waals surface area contributed by atoms with Crippen LogP contribution < -0.4 is 0 Å². The summed E-state index contributed by atoms with van der Waals surface area (Å²) < 4.78 is 2.02. The third-order valence-corrected chi connectivity index (χ3v) is 4.97. The molecule has 4 nitrogen and oxygen atoms in total. The van der Waals surface area contributed by atoms with Gasteiger partial charge >= 0.3 is 0 Å². The van der Waals surface area contributed by atoms with E-state index in [0.29, 0.717) is 5.75 Å². The van der Waals surface area contributed by atoms with Gasteiger partial charge in [0.05, 0.1) is 11.4 Å². The fraction of sp³-hybridized carbons (Fsp3) is 0.211. The topological polar surface area (TPSA) is 47.8 Å². The maximum Gasteiger partial charge on any atom is 0.196 e. The zero-order valence-corrected chi connectivity index (χ0v) is 16.9. The van der Waals surface area contributed by atoms with Crippen molar-refractivity contribution in [2.75, 3.05) is 5.75 Å². The lowest BCUT2D eigenvalue weighted by molar-refractivity contribution is 0.102. The van der Waals surface area contributed by atoms with Crippen molar-refractivity contribution in [3.05, 3.63) is 71.0 Å². The molecule has 6 heteroatoms. The van der Waals surface area contributed by atoms with Gasteiger partial charge in [-0.2, -0.15) is 0 Å². The molecule has 0 atom stereocenters. The second-order valence-corrected chi connectivity index (χ2v) is 6.60. The smallest absolute Gasteiger partial charge is 0.196 e. The molecule has 0 N–H and O–H groups in total. The van der Waals surface area contributed by atoms with Crippen molar-refractivity contribution >= 4 is 34.5 Å². The number of halogens is 1. The molecule has 0 fully saturated rings. The van der Waals surface area contributed by atoms with Crippen molar-refractivity contribution < 1.29 is 4.79 Å². The third-order valence-electron chi connectivity index (χ3n) is 4.04. The Morgan fingerprint density at radius 3 is 2.44 bits per heavy atom. The normalized spacial score (nSPS) is 10.4. The van der Waals surface area contributed by atoms with E-state index < -0.39 is 0 Å². The molecular weight excluding hydrogens is 398 g/mol. The van der Waals surface area contributed by atoms with Gasteiger partial charge in [-0.3, -0.25) is 9.36 Å². The number of aryl methyl sites for hydroxylation is 2. The number of hydrogen-bond donors (Lipinski definition) is 0. The lowest BCUT2D eigenvalue weighted by atomic mass is 10.1. The molecule has 0 aliphatic heterocycles. The molecule has 1 aromatic heterocycles. The summed E-state index contributed by atoms with van der Waals surface area (Å²) in [6, 6.07) is 15.5. The predicted octanol–water partition coefficient (Wildman–Crippen LogP) is 4.75. The van der Waals surface area contributed by atoms with Crippen LogP contribution in [0.25, 0.3) is 5.69 Å². The van der Waals surface area contributed by atoms with E-state index in [9.17, 15) is 4.79 Å². The summed E-state index contributed by atoms with van der Waals surface area (Å²) in [6.07, 6.45) is 0. The molecule has 3 rings (SSSR count). The van der Waals surface area contributed by atoms with E-state index in [-0.39, 0.29) is 22.8 Å². The fourth-order valence-corrected chi connectivity index (χ4v) is 3.41. The maximum absolute atomic E-state index is 12.3. The monoisotopic (exact) mass is 417 g/mol. The van der Waals surface area contributed by atoms with Crippen LogP contribution in [0.5, 0.6) is 0 Å². The molecule has 0 saturated heterocycles. The van der Waals surface area contributed by atoms with Crippen LogP contribution in [0, 0.1) is 20.8 Å². The number of carbonyl (C=O) groups excluding carboxylic acids is 1. The first-order valence-electron chi connectivity index (χ1n) is 7.77. The van der Waals surface area contributed by atoms with Gasteiger partial charge in [-0.15, -0.1) is 27.2 Å². The number of nitrogens with zero attached hydrogens (tertiary/aromatic N) is 3. The Balaban J connectivity index is 0.00000225. The molecule has 3 aromatic rings. The second kappa shape index (κ2) is 8.45. The number of carbonyl (C=O) groups is 1. The molecule has 0 saturated carbocycles. The van der Waals surface area contributed by atoms with Crippen molar-refractivity contribution in [3.8, 4) is 5.69 Å². The Bertz CT molecular complexity index is 878. The van der Waals surface area contributed by atoms with Gasteiger partial charge in [-0.25, -0.2) is 0 Å². The van der Waals surface area contributed by atoms with Gasteiger partial charge in [-0.1, -0.05) is 54.2 Å². The van der Waals surface area contributed by atoms with Gasteiger partial charge in [0.2, 0.25) is 0 Å². The van der Waals surface area contributed by atoms with Crippen LogP contribution in [0.3, 0.4) is 0 Å². The maximum atomic E-state index is 12.3. The number of thioether (sulfide) groups is 1. The van der Waals surface area contributed by atoms with Crippen LogP contribution in [0.4, 0.5) is 0 Å². The number of aromatic nitrogens is 3. The molecule has 0 amide bonds. The van der Waals surface area contributed by atoms with E-state index in [0.717, 1.165) is 22.2 Å². The van der Waals surface area contributed by atoms with Gasteiger partial charge < -0.3 is 0 Å². The standard InChI is InChI=1S/C19H19N3OS.BrH/c1-13-8-7-11-17(14(13)2)22-15(3)20-21-19(22)24-12-18(23)16-9-5-4-6-10-16;/h4-11H,12H2,1-3H3;1H. The predicted molar refractivity (Wildman–Crippen MR) is 107 cm³/mol. The zero-order chi connectivity index (χ0) is 17.1. The van der Waals surface area contributed by atoms with E-state index >= 15 is 0 Å². The quantitative estimate of drug-likeness (QED) is 0.443. The van der Waals surface area contributed by atoms with Crippen LogP contribution in [0.1, 0.15) is 27.3 Å². The van der Waals surface area contributed by atoms with Crippen molar-refractivity contribution in [3.63, 3.8) is 0 Å². The van der Waals surface area contributed by atoms with E-state index in [2.05, 4.69) is 36.2 Å². The number of rotatable bonds is 5. The Hall–Kier alpha value is -1.92. The van der Waals surface area contributed by atoms with Crippen molar-refractivity contribution in [1.82, 2.24) is 14.8 Å². The lowest BCUT2D eigenvalue weighted by Crippen LogP contribution is -2.06. The number of Topliss-reactive ketones (excluding diaryl/α,β-unsaturated/α-hetero) is 1. The van der Waals surface area contributed by atoms with Crippen LogP contribution >= 0.6 is 28.7 Å². The molecule has 0 aliphatic carbocycles. The van der Waals surface area contributed by atoms with E-state index in [4.69, 9.17) is 0 Å². The molecule has 0 bridgehead atoms. The number of hydrogen-bond acceptors (Lipinski definition) is 4. The molecular formula is C19H20BrN3OS. The van der Waals surface area contributed by atoms with E-state index in [1.54, 1.807) is 0 Å². The summed E-state index contributed by atoms with van der Waals surface area (Å²) in [7, 11) is 0. The first-order valence-corrected chi connectivity index (χ1v) is 8.76. The van der Waals surface area contributed by atoms with Crippen molar-refractivity contribution in [2.24, 2.45) is 0 Å². The largest absolute Gasteiger partial charge is 0.293 e. The van der Waals surface area contributed by atoms with E-state index in [1.807, 2.05) is 47.9 Å². The molecule has 1 heterocycles. The minimum absolute atomic E-state index is 0. The average molecular weight is 418 g/mol. The highest BCUT2D eigenvalue weighted by Gasteiger charge is 2.15. The van der Waals surface area contributed by atoms with Crippen LogP contribution in [-0.2, 0) is 0 Å². The van der Waals surface area contributed by atoms with Gasteiger partial charge in [0, 0.05) is 5.56 Å². The second-order valence-electron chi connectivity index (χ2n) is 5.66. The molecule has 0 unspecified atom stereocenters. The van der Waals surface area contributed by atoms with Crippen LogP contribution in [0.15, 0.2) is 53.7 Å². The molecule has 0 aliphatic rings. The summed E-state index contributed by atoms with van der Waals surface area (Å²) in [4.78, 5) is 12.3. The van der Waals surface area contributed by atoms with Gasteiger partial charge in [0.15, 0.2) is 10.9 Å². The highest BCUT2D eigenvalue weighted by molar-refractivity contribution is 8.93. The number of benzene rings is 2. The first-order chi connectivity index (χ1) is 11.6. The molecule has 2 aromatic carbocycles. The Labute approximate surface area is 162 Å². The summed E-state index contributed by atoms with van der Waals surface area (Å²) >= 11 is 1.42. The minimum atomic E-state index is 0. The van der Waals surface area contributed by atoms with Crippen LogP contribution in [-0.4, -0.2) is 26.3 Å². The Kier molecular flexibility index (Phi) is 6.56. The summed E-state index contributed by atoms with van der Waals surface area (Å²) in [5, 5.41) is 9.19. The molecule has 25 heavy (non-hydrogen) atoms. The first kappa shape index (κ1) is 19.4. The Morgan fingerprint density at radius 1 is 1.00 bits per heavy atom. The lowest BCUT2D eigenvalue weighted by Gasteiger charge is -2.12. The molecule has 0 spiro atoms. The highest BCUT2D eigenvalue weighted by Crippen LogP contribution is 2.25. The summed E-state index contributed by atoms with van der Waals surface area (Å²) in [6.45, 7) is 6.11. The van der Waals surface area contributed by atoms with Gasteiger partial charge in [-0.05, 0) is 38.0 Å². The highest BCUT2D eigenvalue weighted by atomic mass is 79.9. The SMILES string of the molecule is Br.Cc1cccc(-n2c(C)nnc2SCC(=O)c2ccccc2)c1C. The minimum Gasteiger partial charge on any atom is -0.293 e. The van der Waals surface area contributed by atoms with Gasteiger partial charge in [0.25, 0.3) is 0 Å². The van der Waals surface area contributed by atoms with E-state index in [1.165, 1.54) is 22.9 Å². The van der Waals surface area contributed by atoms with Crippen molar-refractivity contribution in [1.29, 1.82) is 0 Å².